The van der Waals surface area contributed by atoms with Gasteiger partial charge in [0.2, 0.25) is 5.89 Å². The Kier molecular flexibility index (Phi) is 4.35. The average molecular weight is 370 g/mol. The smallest absolute Gasteiger partial charge is 0.318 e. The Morgan fingerprint density at radius 1 is 1.11 bits per heavy atom. The number of carbonyl (C=O) groups excluding carboxylic acids is 1. The van der Waals surface area contributed by atoms with Gasteiger partial charge < -0.3 is 14.2 Å². The zero-order valence-corrected chi connectivity index (χ0v) is 15.1. The highest BCUT2D eigenvalue weighted by molar-refractivity contribution is 5.93. The minimum atomic E-state index is -0.300. The Hall–Kier alpha value is -3.23. The quantitative estimate of drug-likeness (QED) is 0.700. The van der Waals surface area contributed by atoms with Gasteiger partial charge in [-0.15, -0.1) is 5.10 Å². The molecule has 0 spiro atoms. The first kappa shape index (κ1) is 17.2. The van der Waals surface area contributed by atoms with E-state index >= 15 is 0 Å². The monoisotopic (exact) mass is 370 g/mol. The van der Waals surface area contributed by atoms with Crippen LogP contribution in [-0.2, 0) is 7.05 Å². The standard InChI is InChI=1S/C18H19FN6O2/c1-12-20-21-18(27-12)25-9-7-24(8-10-25)17(26)15-11-16(23(2)22-15)13-3-5-14(19)6-4-13/h3-6,11H,7-10H2,1-2H3. The van der Waals surface area contributed by atoms with E-state index in [-0.39, 0.29) is 11.7 Å². The maximum Gasteiger partial charge on any atom is 0.318 e. The first-order chi connectivity index (χ1) is 13.0. The molecule has 0 radical (unpaired) electrons. The van der Waals surface area contributed by atoms with Gasteiger partial charge in [0.25, 0.3) is 5.91 Å². The summed E-state index contributed by atoms with van der Waals surface area (Å²) in [6.45, 7) is 4.07. The topological polar surface area (TPSA) is 80.3 Å². The van der Waals surface area contributed by atoms with E-state index in [9.17, 15) is 9.18 Å². The van der Waals surface area contributed by atoms with E-state index in [1.54, 1.807) is 41.8 Å². The molecule has 3 heterocycles. The van der Waals surface area contributed by atoms with E-state index in [1.165, 1.54) is 12.1 Å². The van der Waals surface area contributed by atoms with E-state index in [2.05, 4.69) is 15.3 Å². The Morgan fingerprint density at radius 3 is 2.44 bits per heavy atom. The van der Waals surface area contributed by atoms with Gasteiger partial charge in [-0.2, -0.15) is 5.10 Å². The number of rotatable bonds is 3. The molecule has 1 saturated heterocycles. The SMILES string of the molecule is Cc1nnc(N2CCN(C(=O)c3cc(-c4ccc(F)cc4)n(C)n3)CC2)o1. The number of hydrogen-bond acceptors (Lipinski definition) is 6. The van der Waals surface area contributed by atoms with Gasteiger partial charge in [0.05, 0.1) is 5.69 Å². The number of carbonyl (C=O) groups is 1. The Bertz CT molecular complexity index is 957. The largest absolute Gasteiger partial charge is 0.408 e. The van der Waals surface area contributed by atoms with Gasteiger partial charge in [0, 0.05) is 40.2 Å². The molecule has 1 fully saturated rings. The summed E-state index contributed by atoms with van der Waals surface area (Å²) in [5, 5.41) is 12.2. The van der Waals surface area contributed by atoms with Crippen LogP contribution in [0, 0.1) is 12.7 Å². The van der Waals surface area contributed by atoms with Crippen LogP contribution in [0.5, 0.6) is 0 Å². The lowest BCUT2D eigenvalue weighted by Crippen LogP contribution is -2.49. The van der Waals surface area contributed by atoms with E-state index in [1.807, 2.05) is 4.90 Å². The maximum absolute atomic E-state index is 13.1. The summed E-state index contributed by atoms with van der Waals surface area (Å²) in [5.74, 6) is 0.0946. The maximum atomic E-state index is 13.1. The van der Waals surface area contributed by atoms with E-state index in [0.29, 0.717) is 43.8 Å². The summed E-state index contributed by atoms with van der Waals surface area (Å²) in [7, 11) is 1.77. The van der Waals surface area contributed by atoms with Crippen LogP contribution in [-0.4, -0.2) is 57.0 Å². The highest BCUT2D eigenvalue weighted by Crippen LogP contribution is 2.22. The molecule has 0 bridgehead atoms. The fourth-order valence-corrected chi connectivity index (χ4v) is 3.14. The zero-order valence-electron chi connectivity index (χ0n) is 15.1. The van der Waals surface area contributed by atoms with Crippen molar-refractivity contribution in [2.24, 2.45) is 7.05 Å². The van der Waals surface area contributed by atoms with Crippen molar-refractivity contribution in [3.8, 4) is 11.3 Å². The second kappa shape index (κ2) is 6.82. The van der Waals surface area contributed by atoms with Gasteiger partial charge in [-0.05, 0) is 35.9 Å². The number of piperazine rings is 1. The molecule has 0 N–H and O–H groups in total. The molecule has 8 nitrogen and oxygen atoms in total. The molecule has 1 aliphatic rings. The van der Waals surface area contributed by atoms with Crippen LogP contribution in [0.2, 0.25) is 0 Å². The average Bonchev–Trinajstić information content (AvgIpc) is 3.28. The Morgan fingerprint density at radius 2 is 1.81 bits per heavy atom. The second-order valence-electron chi connectivity index (χ2n) is 6.43. The van der Waals surface area contributed by atoms with E-state index < -0.39 is 0 Å². The number of aryl methyl sites for hydroxylation is 2. The molecular formula is C18H19FN6O2. The van der Waals surface area contributed by atoms with E-state index in [0.717, 1.165) is 11.3 Å². The lowest BCUT2D eigenvalue weighted by molar-refractivity contribution is 0.0738. The first-order valence-corrected chi connectivity index (χ1v) is 8.65. The molecule has 140 valence electrons. The lowest BCUT2D eigenvalue weighted by atomic mass is 10.1. The molecule has 2 aromatic heterocycles. The van der Waals surface area contributed by atoms with Gasteiger partial charge in [-0.25, -0.2) is 4.39 Å². The van der Waals surface area contributed by atoms with Crippen LogP contribution in [0.15, 0.2) is 34.7 Å². The molecule has 1 aromatic carbocycles. The lowest BCUT2D eigenvalue weighted by Gasteiger charge is -2.33. The van der Waals surface area contributed by atoms with Crippen molar-refractivity contribution in [1.82, 2.24) is 24.9 Å². The molecule has 0 saturated carbocycles. The van der Waals surface area contributed by atoms with Crippen molar-refractivity contribution in [2.45, 2.75) is 6.92 Å². The van der Waals surface area contributed by atoms with Crippen molar-refractivity contribution in [1.29, 1.82) is 0 Å². The number of aromatic nitrogens is 4. The third-order valence-electron chi connectivity index (χ3n) is 4.59. The fraction of sp³-hybridized carbons (Fsp3) is 0.333. The van der Waals surface area contributed by atoms with Crippen molar-refractivity contribution in [2.75, 3.05) is 31.1 Å². The van der Waals surface area contributed by atoms with Crippen molar-refractivity contribution in [3.63, 3.8) is 0 Å². The van der Waals surface area contributed by atoms with Crippen LogP contribution in [0.25, 0.3) is 11.3 Å². The summed E-state index contributed by atoms with van der Waals surface area (Å²) in [4.78, 5) is 16.5. The predicted octanol–water partition coefficient (Wildman–Crippen LogP) is 1.88. The third-order valence-corrected chi connectivity index (χ3v) is 4.59. The van der Waals surface area contributed by atoms with Crippen LogP contribution in [0.4, 0.5) is 10.4 Å². The van der Waals surface area contributed by atoms with Gasteiger partial charge in [0.15, 0.2) is 5.69 Å². The van der Waals surface area contributed by atoms with Gasteiger partial charge >= 0.3 is 6.01 Å². The van der Waals surface area contributed by atoms with Gasteiger partial charge in [0.1, 0.15) is 5.82 Å². The van der Waals surface area contributed by atoms with Crippen molar-refractivity contribution < 1.29 is 13.6 Å². The first-order valence-electron chi connectivity index (χ1n) is 8.65. The number of anilines is 1. The summed E-state index contributed by atoms with van der Waals surface area (Å²) in [6.07, 6.45) is 0. The van der Waals surface area contributed by atoms with Crippen molar-refractivity contribution in [3.05, 3.63) is 47.7 Å². The molecule has 1 aliphatic heterocycles. The molecule has 3 aromatic rings. The van der Waals surface area contributed by atoms with Crippen LogP contribution < -0.4 is 4.90 Å². The van der Waals surface area contributed by atoms with Gasteiger partial charge in [-0.3, -0.25) is 9.48 Å². The van der Waals surface area contributed by atoms with Crippen molar-refractivity contribution >= 4 is 11.9 Å². The molecular weight excluding hydrogens is 351 g/mol. The molecule has 27 heavy (non-hydrogen) atoms. The molecule has 0 unspecified atom stereocenters. The number of halogens is 1. The van der Waals surface area contributed by atoms with Crippen LogP contribution in [0.3, 0.4) is 0 Å². The molecule has 1 amide bonds. The highest BCUT2D eigenvalue weighted by atomic mass is 19.1. The third kappa shape index (κ3) is 3.40. The summed E-state index contributed by atoms with van der Waals surface area (Å²) in [6, 6.07) is 8.35. The minimum Gasteiger partial charge on any atom is -0.408 e. The molecule has 9 heteroatoms. The Balaban J connectivity index is 1.46. The summed E-state index contributed by atoms with van der Waals surface area (Å²) in [5.41, 5.74) is 1.94. The zero-order chi connectivity index (χ0) is 19.0. The number of benzene rings is 1. The normalized spacial score (nSPS) is 14.6. The number of nitrogens with zero attached hydrogens (tertiary/aromatic N) is 6. The second-order valence-corrected chi connectivity index (χ2v) is 6.43. The highest BCUT2D eigenvalue weighted by Gasteiger charge is 2.26. The van der Waals surface area contributed by atoms with Gasteiger partial charge in [-0.1, -0.05) is 5.10 Å². The molecule has 0 aliphatic carbocycles. The number of amides is 1. The number of hydrogen-bond donors (Lipinski definition) is 0. The molecule has 4 rings (SSSR count). The molecule has 0 atom stereocenters. The van der Waals surface area contributed by atoms with E-state index in [4.69, 9.17) is 4.42 Å². The van der Waals surface area contributed by atoms with Crippen LogP contribution >= 0.6 is 0 Å². The minimum absolute atomic E-state index is 0.125. The van der Waals surface area contributed by atoms with Crippen LogP contribution in [0.1, 0.15) is 16.4 Å². The summed E-state index contributed by atoms with van der Waals surface area (Å²) >= 11 is 0. The Labute approximate surface area is 155 Å². The predicted molar refractivity (Wildman–Crippen MR) is 95.8 cm³/mol. The summed E-state index contributed by atoms with van der Waals surface area (Å²) < 4.78 is 20.2. The fourth-order valence-electron chi connectivity index (χ4n) is 3.14.